The molecule has 44 heavy (non-hydrogen) atoms. The highest BCUT2D eigenvalue weighted by molar-refractivity contribution is 7.99. The average molecular weight is 621 g/mol. The van der Waals surface area contributed by atoms with E-state index in [1.54, 1.807) is 23.5 Å². The fourth-order valence-electron chi connectivity index (χ4n) is 5.96. The standard InChI is InChI=1S/C40H44O2S2/c1-6-8-11-17-27-23-30-36(34(25-27)43-29-19-13-10-14-20-29)39(42)37-31(38(30)41)24-28(18-12-9-7-2)26-35(37)44-33-22-16-15-21-32(33)40(3,4)5/h10,13-16,19-26H,6-9,11-12,17-18H2,1-5H3. The molecule has 2 nitrogen and oxygen atoms in total. The van der Waals surface area contributed by atoms with Crippen molar-refractivity contribution in [3.05, 3.63) is 118 Å². The molecule has 0 spiro atoms. The van der Waals surface area contributed by atoms with Crippen LogP contribution < -0.4 is 0 Å². The Morgan fingerprint density at radius 3 is 1.64 bits per heavy atom. The number of fused-ring (bicyclic) bond motifs is 2. The second-order valence-corrected chi connectivity index (χ2v) is 15.1. The molecule has 1 aliphatic carbocycles. The van der Waals surface area contributed by atoms with Gasteiger partial charge in [0.1, 0.15) is 0 Å². The molecule has 4 heteroatoms. The molecule has 4 aromatic rings. The molecule has 0 aromatic heterocycles. The number of carbonyl (C=O) groups is 2. The Hall–Kier alpha value is -3.08. The number of rotatable bonds is 12. The lowest BCUT2D eigenvalue weighted by molar-refractivity contribution is 0.0974. The molecule has 0 atom stereocenters. The van der Waals surface area contributed by atoms with Crippen LogP contribution in [0, 0.1) is 0 Å². The zero-order valence-electron chi connectivity index (χ0n) is 26.8. The van der Waals surface area contributed by atoms with E-state index in [0.29, 0.717) is 22.3 Å². The maximum Gasteiger partial charge on any atom is 0.196 e. The SMILES string of the molecule is CCCCCc1cc(Sc2ccccc2)c2c(c1)C(=O)c1cc(CCCCC)cc(Sc3ccccc3C(C)(C)C)c1C2=O. The van der Waals surface area contributed by atoms with E-state index in [0.717, 1.165) is 82.1 Å². The van der Waals surface area contributed by atoms with E-state index in [1.165, 1.54) is 5.56 Å². The summed E-state index contributed by atoms with van der Waals surface area (Å²) in [6, 6.07) is 27.0. The molecule has 0 N–H and O–H groups in total. The van der Waals surface area contributed by atoms with Crippen LogP contribution in [-0.2, 0) is 18.3 Å². The molecule has 0 bridgehead atoms. The van der Waals surface area contributed by atoms with Gasteiger partial charge in [-0.3, -0.25) is 9.59 Å². The fourth-order valence-corrected chi connectivity index (χ4v) is 8.40. The number of benzene rings is 4. The smallest absolute Gasteiger partial charge is 0.196 e. The Morgan fingerprint density at radius 1 is 0.568 bits per heavy atom. The van der Waals surface area contributed by atoms with Crippen molar-refractivity contribution in [1.82, 2.24) is 0 Å². The van der Waals surface area contributed by atoms with Crippen LogP contribution in [0.1, 0.15) is 122 Å². The molecule has 228 valence electrons. The van der Waals surface area contributed by atoms with Gasteiger partial charge in [0, 0.05) is 41.8 Å². The van der Waals surface area contributed by atoms with E-state index >= 15 is 0 Å². The highest BCUT2D eigenvalue weighted by atomic mass is 32.2. The van der Waals surface area contributed by atoms with Crippen molar-refractivity contribution < 1.29 is 9.59 Å². The summed E-state index contributed by atoms with van der Waals surface area (Å²) in [5.74, 6) is -0.0610. The number of ketones is 2. The first-order valence-electron chi connectivity index (χ1n) is 16.1. The van der Waals surface area contributed by atoms with Crippen LogP contribution in [0.5, 0.6) is 0 Å². The van der Waals surface area contributed by atoms with Gasteiger partial charge in [-0.05, 0) is 90.3 Å². The lowest BCUT2D eigenvalue weighted by Crippen LogP contribution is -2.23. The highest BCUT2D eigenvalue weighted by Gasteiger charge is 2.35. The van der Waals surface area contributed by atoms with Gasteiger partial charge in [0.25, 0.3) is 0 Å². The minimum absolute atomic E-state index is 0.0230. The van der Waals surface area contributed by atoms with Crippen molar-refractivity contribution in [2.75, 3.05) is 0 Å². The van der Waals surface area contributed by atoms with E-state index in [-0.39, 0.29) is 17.0 Å². The van der Waals surface area contributed by atoms with Crippen molar-refractivity contribution in [2.45, 2.75) is 111 Å². The molecule has 0 radical (unpaired) electrons. The maximum atomic E-state index is 14.7. The largest absolute Gasteiger partial charge is 0.289 e. The number of aryl methyl sites for hydroxylation is 2. The van der Waals surface area contributed by atoms with Gasteiger partial charge < -0.3 is 0 Å². The van der Waals surface area contributed by atoms with Gasteiger partial charge in [0.2, 0.25) is 0 Å². The molecule has 4 aromatic carbocycles. The second-order valence-electron chi connectivity index (χ2n) is 12.9. The molecule has 5 rings (SSSR count). The van der Waals surface area contributed by atoms with Gasteiger partial charge in [-0.25, -0.2) is 0 Å². The summed E-state index contributed by atoms with van der Waals surface area (Å²) >= 11 is 3.22. The Kier molecular flexibility index (Phi) is 10.5. The minimum Gasteiger partial charge on any atom is -0.289 e. The molecule has 0 saturated carbocycles. The molecule has 1 aliphatic rings. The van der Waals surface area contributed by atoms with Crippen molar-refractivity contribution in [3.63, 3.8) is 0 Å². The third-order valence-corrected chi connectivity index (χ3v) is 10.5. The Morgan fingerprint density at radius 2 is 1.09 bits per heavy atom. The summed E-state index contributed by atoms with van der Waals surface area (Å²) in [6.45, 7) is 11.1. The second kappa shape index (κ2) is 14.3. The minimum atomic E-state index is -0.0531. The molecule has 0 amide bonds. The molecule has 0 aliphatic heterocycles. The first-order chi connectivity index (χ1) is 21.2. The van der Waals surface area contributed by atoms with Gasteiger partial charge in [0.15, 0.2) is 11.6 Å². The van der Waals surface area contributed by atoms with Crippen LogP contribution >= 0.6 is 23.5 Å². The van der Waals surface area contributed by atoms with Gasteiger partial charge >= 0.3 is 0 Å². The Balaban J connectivity index is 1.67. The van der Waals surface area contributed by atoms with E-state index in [4.69, 9.17) is 0 Å². The molecule has 0 unspecified atom stereocenters. The van der Waals surface area contributed by atoms with Crippen LogP contribution in [-0.4, -0.2) is 11.6 Å². The van der Waals surface area contributed by atoms with Crippen LogP contribution in [0.25, 0.3) is 0 Å². The van der Waals surface area contributed by atoms with Gasteiger partial charge in [-0.15, -0.1) is 0 Å². The number of hydrogen-bond donors (Lipinski definition) is 0. The summed E-state index contributed by atoms with van der Waals surface area (Å²) in [4.78, 5) is 33.2. The fraction of sp³-hybridized carbons (Fsp3) is 0.350. The zero-order chi connectivity index (χ0) is 31.3. The van der Waals surface area contributed by atoms with Crippen LogP contribution in [0.3, 0.4) is 0 Å². The first-order valence-corrected chi connectivity index (χ1v) is 17.8. The van der Waals surface area contributed by atoms with Crippen molar-refractivity contribution >= 4 is 35.1 Å². The molecule has 0 heterocycles. The predicted molar refractivity (Wildman–Crippen MR) is 186 cm³/mol. The van der Waals surface area contributed by atoms with Crippen molar-refractivity contribution in [2.24, 2.45) is 0 Å². The van der Waals surface area contributed by atoms with E-state index in [2.05, 4.69) is 83.1 Å². The predicted octanol–water partition coefficient (Wildman–Crippen LogP) is 11.5. The molecule has 0 fully saturated rings. The van der Waals surface area contributed by atoms with Crippen molar-refractivity contribution in [3.8, 4) is 0 Å². The van der Waals surface area contributed by atoms with E-state index < -0.39 is 0 Å². The number of hydrogen-bond acceptors (Lipinski definition) is 4. The van der Waals surface area contributed by atoms with Gasteiger partial charge in [-0.2, -0.15) is 0 Å². The first kappa shape index (κ1) is 32.3. The molecular weight excluding hydrogens is 577 g/mol. The summed E-state index contributed by atoms with van der Waals surface area (Å²) < 4.78 is 0. The Bertz CT molecular complexity index is 1650. The molecular formula is C40H44O2S2. The monoisotopic (exact) mass is 620 g/mol. The maximum absolute atomic E-state index is 14.7. The average Bonchev–Trinajstić information content (AvgIpc) is 3.00. The van der Waals surface area contributed by atoms with Crippen LogP contribution in [0.2, 0.25) is 0 Å². The number of carbonyl (C=O) groups excluding carboxylic acids is 2. The normalized spacial score (nSPS) is 12.8. The lowest BCUT2D eigenvalue weighted by atomic mass is 9.81. The van der Waals surface area contributed by atoms with E-state index in [1.807, 2.05) is 30.3 Å². The van der Waals surface area contributed by atoms with Crippen molar-refractivity contribution in [1.29, 1.82) is 0 Å². The summed E-state index contributed by atoms with van der Waals surface area (Å²) in [7, 11) is 0. The summed E-state index contributed by atoms with van der Waals surface area (Å²) in [6.07, 6.45) is 8.50. The van der Waals surface area contributed by atoms with Gasteiger partial charge in [-0.1, -0.05) is 120 Å². The topological polar surface area (TPSA) is 34.1 Å². The summed E-state index contributed by atoms with van der Waals surface area (Å²) in [5, 5.41) is 0. The quantitative estimate of drug-likeness (QED) is 0.130. The van der Waals surface area contributed by atoms with Crippen LogP contribution in [0.4, 0.5) is 0 Å². The van der Waals surface area contributed by atoms with E-state index in [9.17, 15) is 9.59 Å². The summed E-state index contributed by atoms with van der Waals surface area (Å²) in [5.41, 5.74) is 5.69. The highest BCUT2D eigenvalue weighted by Crippen LogP contribution is 2.44. The zero-order valence-corrected chi connectivity index (χ0v) is 28.4. The lowest BCUT2D eigenvalue weighted by Gasteiger charge is -2.26. The number of unbranched alkanes of at least 4 members (excludes halogenated alkanes) is 4. The van der Waals surface area contributed by atoms with Crippen LogP contribution in [0.15, 0.2) is 98.4 Å². The third-order valence-electron chi connectivity index (χ3n) is 8.29. The Labute approximate surface area is 272 Å². The molecule has 0 saturated heterocycles. The third kappa shape index (κ3) is 7.24. The van der Waals surface area contributed by atoms with Gasteiger partial charge in [0.05, 0.1) is 0 Å².